The average Bonchev–Trinajstić information content (AvgIpc) is 2.52. The van der Waals surface area contributed by atoms with Crippen molar-refractivity contribution >= 4 is 0 Å². The number of methoxy groups -OCH3 is 1. The highest BCUT2D eigenvalue weighted by Crippen LogP contribution is 2.34. The Kier molecular flexibility index (Phi) is 7.86. The first-order valence-electron chi connectivity index (χ1n) is 8.54. The van der Waals surface area contributed by atoms with Gasteiger partial charge in [0.2, 0.25) is 0 Å². The maximum Gasteiger partial charge on any atom is 0.123 e. The molecule has 0 amide bonds. The van der Waals surface area contributed by atoms with Crippen molar-refractivity contribution in [3.05, 3.63) is 23.8 Å². The van der Waals surface area contributed by atoms with Crippen molar-refractivity contribution in [1.29, 1.82) is 0 Å². The molecular weight excluding hydrogens is 290 g/mol. The first kappa shape index (κ1) is 19.8. The molecule has 4 heteroatoms. The Morgan fingerprint density at radius 2 is 1.83 bits per heavy atom. The van der Waals surface area contributed by atoms with E-state index in [1.54, 1.807) is 7.11 Å². The fourth-order valence-corrected chi connectivity index (χ4v) is 2.47. The Bertz CT molecular complexity index is 464. The molecule has 0 unspecified atom stereocenters. The molecule has 0 aromatic heterocycles. The van der Waals surface area contributed by atoms with Crippen LogP contribution in [0.1, 0.15) is 53.0 Å². The highest BCUT2D eigenvalue weighted by Gasteiger charge is 2.20. The Labute approximate surface area is 141 Å². The largest absolute Gasteiger partial charge is 0.497 e. The lowest BCUT2D eigenvalue weighted by Crippen LogP contribution is -2.37. The number of rotatable bonds is 9. The van der Waals surface area contributed by atoms with Gasteiger partial charge >= 0.3 is 0 Å². The van der Waals surface area contributed by atoms with Gasteiger partial charge in [0.1, 0.15) is 24.2 Å². The standard InChI is InChI=1S/C19H33NO3/c1-7-14(8-2)20-12-15(21)13-23-18-10-9-16(22-6)11-17(18)19(3,4)5/h9-11,14-15,20-21H,7-8,12-13H2,1-6H3/t15-/m0/s1. The third-order valence-electron chi connectivity index (χ3n) is 4.05. The van der Waals surface area contributed by atoms with Gasteiger partial charge in [-0.2, -0.15) is 0 Å². The van der Waals surface area contributed by atoms with Crippen molar-refractivity contribution in [3.63, 3.8) is 0 Å². The van der Waals surface area contributed by atoms with Crippen molar-refractivity contribution in [3.8, 4) is 11.5 Å². The van der Waals surface area contributed by atoms with Crippen LogP contribution in [0.4, 0.5) is 0 Å². The van der Waals surface area contributed by atoms with Gasteiger partial charge in [-0.15, -0.1) is 0 Å². The topological polar surface area (TPSA) is 50.7 Å². The lowest BCUT2D eigenvalue weighted by molar-refractivity contribution is 0.102. The second kappa shape index (κ2) is 9.14. The molecule has 0 aliphatic carbocycles. The van der Waals surface area contributed by atoms with Gasteiger partial charge in [-0.05, 0) is 36.5 Å². The van der Waals surface area contributed by atoms with Crippen LogP contribution in [0.5, 0.6) is 11.5 Å². The number of aliphatic hydroxyl groups excluding tert-OH is 1. The maximum absolute atomic E-state index is 10.1. The van der Waals surface area contributed by atoms with Crippen LogP contribution in [0.3, 0.4) is 0 Å². The van der Waals surface area contributed by atoms with Crippen molar-refractivity contribution in [2.24, 2.45) is 0 Å². The molecule has 0 saturated heterocycles. The van der Waals surface area contributed by atoms with Gasteiger partial charge < -0.3 is 19.9 Å². The molecule has 1 aromatic rings. The Morgan fingerprint density at radius 1 is 1.17 bits per heavy atom. The van der Waals surface area contributed by atoms with Gasteiger partial charge in [-0.25, -0.2) is 0 Å². The molecule has 0 radical (unpaired) electrons. The van der Waals surface area contributed by atoms with Crippen molar-refractivity contribution in [1.82, 2.24) is 5.32 Å². The van der Waals surface area contributed by atoms with Crippen LogP contribution in [0.2, 0.25) is 0 Å². The predicted octanol–water partition coefficient (Wildman–Crippen LogP) is 3.51. The molecule has 0 aliphatic heterocycles. The predicted molar refractivity (Wildman–Crippen MR) is 95.6 cm³/mol. The molecule has 1 aromatic carbocycles. The molecule has 0 spiro atoms. The molecule has 0 bridgehead atoms. The van der Waals surface area contributed by atoms with Crippen LogP contribution in [0, 0.1) is 0 Å². The zero-order valence-electron chi connectivity index (χ0n) is 15.5. The molecule has 23 heavy (non-hydrogen) atoms. The van der Waals surface area contributed by atoms with Crippen LogP contribution in [-0.2, 0) is 5.41 Å². The summed E-state index contributed by atoms with van der Waals surface area (Å²) in [6, 6.07) is 6.26. The minimum atomic E-state index is -0.523. The monoisotopic (exact) mass is 323 g/mol. The average molecular weight is 323 g/mol. The molecule has 132 valence electrons. The molecule has 1 rings (SSSR count). The molecule has 0 heterocycles. The van der Waals surface area contributed by atoms with Gasteiger partial charge in [-0.3, -0.25) is 0 Å². The van der Waals surface area contributed by atoms with Crippen molar-refractivity contribution in [2.75, 3.05) is 20.3 Å². The zero-order valence-corrected chi connectivity index (χ0v) is 15.5. The normalized spacial score (nSPS) is 13.2. The van der Waals surface area contributed by atoms with Crippen molar-refractivity contribution < 1.29 is 14.6 Å². The number of hydrogen-bond acceptors (Lipinski definition) is 4. The second-order valence-electron chi connectivity index (χ2n) is 7.00. The summed E-state index contributed by atoms with van der Waals surface area (Å²) in [5, 5.41) is 13.5. The molecule has 2 N–H and O–H groups in total. The molecular formula is C19H33NO3. The first-order chi connectivity index (χ1) is 10.8. The van der Waals surface area contributed by atoms with Crippen LogP contribution >= 0.6 is 0 Å². The molecule has 1 atom stereocenters. The van der Waals surface area contributed by atoms with E-state index in [-0.39, 0.29) is 12.0 Å². The lowest BCUT2D eigenvalue weighted by atomic mass is 9.86. The summed E-state index contributed by atoms with van der Waals surface area (Å²) in [5.41, 5.74) is 1.03. The molecule has 0 aliphatic rings. The number of ether oxygens (including phenoxy) is 2. The van der Waals surface area contributed by atoms with E-state index >= 15 is 0 Å². The summed E-state index contributed by atoms with van der Waals surface area (Å²) < 4.78 is 11.2. The van der Waals surface area contributed by atoms with Crippen molar-refractivity contribution in [2.45, 2.75) is 65.0 Å². The van der Waals surface area contributed by atoms with E-state index in [1.165, 1.54) is 0 Å². The van der Waals surface area contributed by atoms with E-state index in [4.69, 9.17) is 9.47 Å². The number of aliphatic hydroxyl groups is 1. The third kappa shape index (κ3) is 6.40. The quantitative estimate of drug-likeness (QED) is 0.730. The lowest BCUT2D eigenvalue weighted by Gasteiger charge is -2.24. The third-order valence-corrected chi connectivity index (χ3v) is 4.05. The van der Waals surface area contributed by atoms with Crippen LogP contribution in [0.25, 0.3) is 0 Å². The van der Waals surface area contributed by atoms with E-state index in [9.17, 15) is 5.11 Å². The zero-order chi connectivity index (χ0) is 17.5. The summed E-state index contributed by atoms with van der Waals surface area (Å²) in [5.74, 6) is 1.62. The smallest absolute Gasteiger partial charge is 0.123 e. The maximum atomic E-state index is 10.1. The second-order valence-corrected chi connectivity index (χ2v) is 7.00. The Balaban J connectivity index is 2.66. The van der Waals surface area contributed by atoms with Crippen LogP contribution < -0.4 is 14.8 Å². The van der Waals surface area contributed by atoms with Gasteiger partial charge in [0.25, 0.3) is 0 Å². The minimum absolute atomic E-state index is 0.0530. The summed E-state index contributed by atoms with van der Waals surface area (Å²) in [4.78, 5) is 0. The van der Waals surface area contributed by atoms with E-state index in [0.29, 0.717) is 12.6 Å². The van der Waals surface area contributed by atoms with Gasteiger partial charge in [0, 0.05) is 18.2 Å². The summed E-state index contributed by atoms with van der Waals surface area (Å²) >= 11 is 0. The van der Waals surface area contributed by atoms with Gasteiger partial charge in [0.15, 0.2) is 0 Å². The SMILES string of the molecule is CCC(CC)NC[C@H](O)COc1ccc(OC)cc1C(C)(C)C. The number of nitrogens with one attached hydrogen (secondary N) is 1. The van der Waals surface area contributed by atoms with Crippen LogP contribution in [-0.4, -0.2) is 37.5 Å². The summed E-state index contributed by atoms with van der Waals surface area (Å²) in [7, 11) is 1.66. The fraction of sp³-hybridized carbons (Fsp3) is 0.684. The summed E-state index contributed by atoms with van der Waals surface area (Å²) in [6.45, 7) is 11.5. The van der Waals surface area contributed by atoms with E-state index in [1.807, 2.05) is 18.2 Å². The summed E-state index contributed by atoms with van der Waals surface area (Å²) in [6.07, 6.45) is 1.61. The fourth-order valence-electron chi connectivity index (χ4n) is 2.47. The molecule has 0 saturated carbocycles. The molecule has 4 nitrogen and oxygen atoms in total. The van der Waals surface area contributed by atoms with E-state index in [0.717, 1.165) is 29.9 Å². The Hall–Kier alpha value is -1.26. The van der Waals surface area contributed by atoms with Gasteiger partial charge in [0.05, 0.1) is 7.11 Å². The minimum Gasteiger partial charge on any atom is -0.497 e. The first-order valence-corrected chi connectivity index (χ1v) is 8.54. The highest BCUT2D eigenvalue weighted by molar-refractivity contribution is 5.44. The Morgan fingerprint density at radius 3 is 2.35 bits per heavy atom. The van der Waals surface area contributed by atoms with E-state index < -0.39 is 6.10 Å². The highest BCUT2D eigenvalue weighted by atomic mass is 16.5. The van der Waals surface area contributed by atoms with Crippen LogP contribution in [0.15, 0.2) is 18.2 Å². The number of benzene rings is 1. The number of hydrogen-bond donors (Lipinski definition) is 2. The van der Waals surface area contributed by atoms with E-state index in [2.05, 4.69) is 39.9 Å². The molecule has 0 fully saturated rings. The van der Waals surface area contributed by atoms with Gasteiger partial charge in [-0.1, -0.05) is 34.6 Å².